The Bertz CT molecular complexity index is 1960. The first-order valence-corrected chi connectivity index (χ1v) is 20.6. The molecule has 65 heavy (non-hydrogen) atoms. The van der Waals surface area contributed by atoms with Crippen molar-refractivity contribution in [2.45, 2.75) is 145 Å². The number of ether oxygens (including phenoxy) is 3. The van der Waals surface area contributed by atoms with Gasteiger partial charge in [0, 0.05) is 119 Å². The van der Waals surface area contributed by atoms with E-state index in [4.69, 9.17) is 14.6 Å². The molecule has 4 aliphatic rings. The Hall–Kier alpha value is -2.47. The predicted octanol–water partition coefficient (Wildman–Crippen LogP) is 5.57. The largest absolute Gasteiger partial charge is 0.497 e. The Labute approximate surface area is 458 Å². The van der Waals surface area contributed by atoms with Crippen molar-refractivity contribution in [3.8, 4) is 11.5 Å². The van der Waals surface area contributed by atoms with Gasteiger partial charge in [0.2, 0.25) is 11.8 Å². The minimum atomic E-state index is -0.908. The first-order valence-electron chi connectivity index (χ1n) is 20.6. The van der Waals surface area contributed by atoms with E-state index in [-0.39, 0.29) is 146 Å². The average molecular weight is 1340 g/mol. The maximum Gasteiger partial charge on any atom is 0.303 e. The first-order chi connectivity index (χ1) is 28.6. The van der Waals surface area contributed by atoms with E-state index in [2.05, 4.69) is 34.2 Å². The van der Waals surface area contributed by atoms with Crippen LogP contribution in [0.1, 0.15) is 111 Å². The summed E-state index contributed by atoms with van der Waals surface area (Å²) >= 11 is 0. The molecule has 2 aromatic carbocycles. The molecule has 0 bridgehead atoms. The first kappa shape index (κ1) is 64.6. The van der Waals surface area contributed by atoms with Crippen LogP contribution in [0.2, 0.25) is 0 Å². The molecule has 4 aliphatic heterocycles. The zero-order valence-electron chi connectivity index (χ0n) is 42.0. The molecular weight excluding hydrogens is 1260 g/mol. The van der Waals surface area contributed by atoms with Crippen LogP contribution in [0.5, 0.6) is 11.5 Å². The van der Waals surface area contributed by atoms with Crippen molar-refractivity contribution in [1.29, 1.82) is 0 Å². The molecule has 358 valence electrons. The number of esters is 1. The van der Waals surface area contributed by atoms with Gasteiger partial charge in [-0.25, -0.2) is 0 Å². The number of benzene rings is 2. The molecule has 2 aromatic rings. The minimum absolute atomic E-state index is 0. The maximum absolute atomic E-state index is 11.6. The van der Waals surface area contributed by atoms with Gasteiger partial charge < -0.3 is 44.9 Å². The third kappa shape index (κ3) is 16.6. The summed E-state index contributed by atoms with van der Waals surface area (Å²) in [5.74, 6) is 0.938. The van der Waals surface area contributed by atoms with Gasteiger partial charge in [-0.2, -0.15) is 0 Å². The quantitative estimate of drug-likeness (QED) is 0.160. The number of carbonyl (C=O) groups excluding carboxylic acids is 6. The molecule has 6 rings (SSSR count). The number of likely N-dealkylation sites (tertiary alicyclic amines) is 1. The van der Waals surface area contributed by atoms with E-state index in [9.17, 15) is 33.9 Å². The summed E-state index contributed by atoms with van der Waals surface area (Å²) in [6, 6.07) is 14.9. The Morgan fingerprint density at radius 2 is 1.14 bits per heavy atom. The van der Waals surface area contributed by atoms with Crippen molar-refractivity contribution in [3.63, 3.8) is 0 Å². The number of ketones is 1. The number of aliphatic hydroxyl groups excluding tert-OH is 2. The summed E-state index contributed by atoms with van der Waals surface area (Å²) in [5, 5.41) is 23.8. The van der Waals surface area contributed by atoms with E-state index in [1.807, 2.05) is 113 Å². The van der Waals surface area contributed by atoms with Gasteiger partial charge in [-0.15, -0.1) is 0 Å². The number of hydrogen-bond acceptors (Lipinski definition) is 12. The van der Waals surface area contributed by atoms with Gasteiger partial charge in [0.1, 0.15) is 18.1 Å². The van der Waals surface area contributed by atoms with Crippen LogP contribution in [0.15, 0.2) is 53.5 Å². The fourth-order valence-corrected chi connectivity index (χ4v) is 5.90. The number of hydrogen-bond donors (Lipinski definition) is 4. The molecule has 0 spiro atoms. The van der Waals surface area contributed by atoms with Crippen molar-refractivity contribution in [1.82, 2.24) is 15.5 Å². The van der Waals surface area contributed by atoms with Crippen LogP contribution in [0.3, 0.4) is 0 Å². The third-order valence-electron chi connectivity index (χ3n) is 12.1. The number of amides is 4. The van der Waals surface area contributed by atoms with E-state index < -0.39 is 29.3 Å². The summed E-state index contributed by atoms with van der Waals surface area (Å²) in [5.41, 5.74) is 1.56. The van der Waals surface area contributed by atoms with Crippen LogP contribution < -0.4 is 25.0 Å². The van der Waals surface area contributed by atoms with E-state index in [0.29, 0.717) is 0 Å². The molecule has 0 aromatic heterocycles. The molecule has 0 aliphatic carbocycles. The van der Waals surface area contributed by atoms with Gasteiger partial charge in [0.25, 0.3) is 11.8 Å². The van der Waals surface area contributed by atoms with Gasteiger partial charge in [0.05, 0.1) is 47.4 Å². The van der Waals surface area contributed by atoms with Gasteiger partial charge in [-0.3, -0.25) is 33.8 Å². The van der Waals surface area contributed by atoms with Crippen LogP contribution in [0.25, 0.3) is 0 Å². The fourth-order valence-electron chi connectivity index (χ4n) is 5.90. The van der Waals surface area contributed by atoms with Gasteiger partial charge in [-0.05, 0) is 152 Å². The molecule has 2 atom stereocenters. The number of carbonyl (C=O) groups is 6. The smallest absolute Gasteiger partial charge is 0.303 e. The van der Waals surface area contributed by atoms with Crippen molar-refractivity contribution < 1.29 is 141 Å². The third-order valence-corrected chi connectivity index (χ3v) is 12.1. The van der Waals surface area contributed by atoms with Crippen molar-refractivity contribution in [2.24, 2.45) is 15.8 Å². The van der Waals surface area contributed by atoms with Crippen molar-refractivity contribution in [3.05, 3.63) is 48.5 Å². The molecule has 4 saturated heterocycles. The van der Waals surface area contributed by atoms with E-state index in [0.717, 1.165) is 28.6 Å². The SMILES string of the molecule is CC(=O)COC(C)=O.CC1(C)NC(=O)C1(C)C.CC1(C)NC(=O)C1O.CN1C(=O)C(C)(C)C1(C)C.COc1ccc(N2C(=O)C(O)C2(C)C)cc1.COc1ccc(N=C(C)C)cc1.[Ac].[Ac]. The van der Waals surface area contributed by atoms with E-state index in [1.165, 1.54) is 13.8 Å². The second kappa shape index (κ2) is 25.8. The summed E-state index contributed by atoms with van der Waals surface area (Å²) in [6.45, 7) is 29.9. The molecule has 2 unspecified atom stereocenters. The van der Waals surface area contributed by atoms with E-state index in [1.54, 1.807) is 50.0 Å². The Balaban J connectivity index is 0. The molecular formula is C47H73Ac2N5O11. The van der Waals surface area contributed by atoms with Gasteiger partial charge in [0.15, 0.2) is 18.0 Å². The second-order valence-corrected chi connectivity index (χ2v) is 19.0. The Morgan fingerprint density at radius 3 is 1.34 bits per heavy atom. The summed E-state index contributed by atoms with van der Waals surface area (Å²) in [7, 11) is 5.11. The van der Waals surface area contributed by atoms with E-state index >= 15 is 0 Å². The normalized spacial score (nSPS) is 20.8. The summed E-state index contributed by atoms with van der Waals surface area (Å²) in [4.78, 5) is 71.7. The molecule has 0 saturated carbocycles. The van der Waals surface area contributed by atoms with Gasteiger partial charge >= 0.3 is 5.97 Å². The monoisotopic (exact) mass is 1340 g/mol. The van der Waals surface area contributed by atoms with Crippen LogP contribution in [-0.2, 0) is 33.5 Å². The van der Waals surface area contributed by atoms with Crippen LogP contribution in [-0.4, -0.2) is 118 Å². The minimum Gasteiger partial charge on any atom is -0.497 e. The van der Waals surface area contributed by atoms with Gasteiger partial charge in [-0.1, -0.05) is 0 Å². The molecule has 2 radical (unpaired) electrons. The molecule has 16 nitrogen and oxygen atoms in total. The van der Waals surface area contributed by atoms with Crippen LogP contribution in [0.4, 0.5) is 11.4 Å². The number of aliphatic imine (C=N–C) groups is 1. The average Bonchev–Trinajstić information content (AvgIpc) is 3.20. The number of methoxy groups -OCH3 is 2. The molecule has 18 heteroatoms. The molecule has 4 N–H and O–H groups in total. The predicted molar refractivity (Wildman–Crippen MR) is 244 cm³/mol. The van der Waals surface area contributed by atoms with Crippen molar-refractivity contribution >= 4 is 52.5 Å². The Morgan fingerprint density at radius 1 is 0.692 bits per heavy atom. The standard InChI is InChI=1S/C12H15NO3.C10H13NO.C8H15NO.C7H13NO.C5H9NO2.C5H8O3.2Ac/c1-12(2)10(14)11(15)13(12)8-4-6-9(16-3)7-5-8;1-8(2)11-9-4-6-10(12-3)7-5-9;1-7(2)6(10)9(5)8(7,3)4;1-6(2)5(9)8-7(6,3)4;1-5(2)3(7)4(8)6-5;1-4(6)3-8-5(2)7;;/h4-7,10,14H,1-3H3;4-7H,1-3H3;1-5H3;1-4H3,(H,8,9);3,7H,1-2H3,(H,6,8);3H2,1-2H3;;. The topological polar surface area (TPSA) is 213 Å². The maximum atomic E-state index is 11.6. The van der Waals surface area contributed by atoms with Crippen LogP contribution in [0, 0.1) is 99.0 Å². The van der Waals surface area contributed by atoms with Crippen molar-refractivity contribution in [2.75, 3.05) is 32.8 Å². The zero-order valence-corrected chi connectivity index (χ0v) is 51.5. The number of Topliss-reactive ketones (excluding diaryl/α,β-unsaturated/α-hetero) is 1. The fraction of sp³-hybridized carbons (Fsp3) is 0.596. The molecule has 4 heterocycles. The summed E-state index contributed by atoms with van der Waals surface area (Å²) in [6.07, 6.45) is -1.71. The molecule has 4 fully saturated rings. The number of rotatable bonds is 6. The number of nitrogens with zero attached hydrogens (tertiary/aromatic N) is 3. The Kier molecular flexibility index (Phi) is 25.6. The number of β-lactam (4-membered cyclic amide) rings is 4. The number of aliphatic hydroxyl groups is 2. The molecule has 4 amide bonds. The number of anilines is 1. The number of nitrogens with one attached hydrogen (secondary N) is 2. The summed E-state index contributed by atoms with van der Waals surface area (Å²) < 4.78 is 14.4. The zero-order chi connectivity index (χ0) is 49.3. The second-order valence-electron chi connectivity index (χ2n) is 19.0. The van der Waals surface area contributed by atoms with Crippen LogP contribution >= 0.6 is 0 Å².